The van der Waals surface area contributed by atoms with Crippen LogP contribution in [0.15, 0.2) is 54.7 Å². The Kier molecular flexibility index (Phi) is 7.17. The Balaban J connectivity index is 1.25. The van der Waals surface area contributed by atoms with Crippen molar-refractivity contribution in [1.29, 1.82) is 0 Å². The molecule has 0 spiro atoms. The van der Waals surface area contributed by atoms with Crippen LogP contribution in [0.5, 0.6) is 5.75 Å². The van der Waals surface area contributed by atoms with E-state index in [1.54, 1.807) is 0 Å². The van der Waals surface area contributed by atoms with Crippen LogP contribution in [0.3, 0.4) is 0 Å². The predicted octanol–water partition coefficient (Wildman–Crippen LogP) is 5.12. The van der Waals surface area contributed by atoms with Crippen molar-refractivity contribution in [2.75, 3.05) is 13.2 Å². The molecule has 0 atom stereocenters. The molecule has 1 aromatic heterocycles. The molecular weight excluding hydrogens is 360 g/mol. The number of hydrogen-bond acceptors (Lipinski definition) is 2. The minimum absolute atomic E-state index is 0.119. The number of unbranched alkanes of at least 4 members (excludes halogenated alkanes) is 1. The van der Waals surface area contributed by atoms with Crippen molar-refractivity contribution in [1.82, 2.24) is 10.3 Å². The Labute approximate surface area is 164 Å². The van der Waals surface area contributed by atoms with E-state index in [1.807, 2.05) is 42.6 Å². The number of aryl methyl sites for hydroxylation is 1. The predicted molar refractivity (Wildman–Crippen MR) is 110 cm³/mol. The van der Waals surface area contributed by atoms with Gasteiger partial charge in [-0.3, -0.25) is 4.79 Å². The van der Waals surface area contributed by atoms with E-state index in [-0.39, 0.29) is 5.91 Å². The molecule has 0 aliphatic carbocycles. The van der Waals surface area contributed by atoms with Crippen molar-refractivity contribution in [2.24, 2.45) is 0 Å². The van der Waals surface area contributed by atoms with Gasteiger partial charge in [-0.25, -0.2) is 0 Å². The largest absolute Gasteiger partial charge is 0.494 e. The summed E-state index contributed by atoms with van der Waals surface area (Å²) in [5.41, 5.74) is 2.43. The second-order valence-electron chi connectivity index (χ2n) is 6.57. The van der Waals surface area contributed by atoms with Gasteiger partial charge >= 0.3 is 0 Å². The topological polar surface area (TPSA) is 54.1 Å². The fourth-order valence-electron chi connectivity index (χ4n) is 3.04. The molecule has 142 valence electrons. The number of nitrogens with one attached hydrogen (secondary N) is 2. The number of para-hydroxylation sites is 1. The number of benzene rings is 2. The molecule has 0 saturated carbocycles. The summed E-state index contributed by atoms with van der Waals surface area (Å²) in [5, 5.41) is 4.94. The van der Waals surface area contributed by atoms with Gasteiger partial charge in [0.2, 0.25) is 5.91 Å². The van der Waals surface area contributed by atoms with Crippen LogP contribution in [0.4, 0.5) is 0 Å². The first kappa shape index (κ1) is 19.3. The molecule has 0 aliphatic heterocycles. The van der Waals surface area contributed by atoms with Gasteiger partial charge in [0.05, 0.1) is 6.61 Å². The molecule has 1 heterocycles. The van der Waals surface area contributed by atoms with Crippen molar-refractivity contribution in [3.63, 3.8) is 0 Å². The number of aromatic amines is 1. The molecular formula is C22H25ClN2O2. The van der Waals surface area contributed by atoms with Gasteiger partial charge in [-0.15, -0.1) is 0 Å². The van der Waals surface area contributed by atoms with Gasteiger partial charge in [-0.2, -0.15) is 0 Å². The molecule has 5 heteroatoms. The lowest BCUT2D eigenvalue weighted by molar-refractivity contribution is -0.121. The highest BCUT2D eigenvalue weighted by Gasteiger charge is 2.05. The van der Waals surface area contributed by atoms with E-state index in [9.17, 15) is 4.79 Å². The number of hydrogen-bond donors (Lipinski definition) is 2. The fraction of sp³-hybridized carbons (Fsp3) is 0.318. The minimum Gasteiger partial charge on any atom is -0.494 e. The SMILES string of the molecule is O=C(CCCc1c[nH]c2ccccc12)NCCCCOc1ccc(Cl)cc1. The maximum absolute atomic E-state index is 12.0. The average Bonchev–Trinajstić information content (AvgIpc) is 3.09. The Morgan fingerprint density at radius 3 is 2.70 bits per heavy atom. The Hall–Kier alpha value is -2.46. The molecule has 3 rings (SSSR count). The van der Waals surface area contributed by atoms with E-state index < -0.39 is 0 Å². The molecule has 3 aromatic rings. The standard InChI is InChI=1S/C22H25ClN2O2/c23-18-10-12-19(13-11-18)27-15-4-3-14-24-22(26)9-5-6-17-16-25-21-8-2-1-7-20(17)21/h1-2,7-8,10-13,16,25H,3-6,9,14-15H2,(H,24,26). The van der Waals surface area contributed by atoms with E-state index in [0.717, 1.165) is 36.9 Å². The van der Waals surface area contributed by atoms with E-state index in [0.29, 0.717) is 24.6 Å². The zero-order chi connectivity index (χ0) is 18.9. The van der Waals surface area contributed by atoms with Crippen LogP contribution in [-0.4, -0.2) is 24.0 Å². The quantitative estimate of drug-likeness (QED) is 0.476. The molecule has 1 amide bonds. The first-order chi connectivity index (χ1) is 13.2. The summed E-state index contributed by atoms with van der Waals surface area (Å²) in [7, 11) is 0. The van der Waals surface area contributed by atoms with Crippen molar-refractivity contribution < 1.29 is 9.53 Å². The van der Waals surface area contributed by atoms with Crippen molar-refractivity contribution in [2.45, 2.75) is 32.1 Å². The zero-order valence-corrected chi connectivity index (χ0v) is 16.1. The van der Waals surface area contributed by atoms with Gasteiger partial charge < -0.3 is 15.0 Å². The van der Waals surface area contributed by atoms with E-state index in [2.05, 4.69) is 22.4 Å². The molecule has 0 radical (unpaired) electrons. The average molecular weight is 385 g/mol. The van der Waals surface area contributed by atoms with Crippen LogP contribution in [-0.2, 0) is 11.2 Å². The highest BCUT2D eigenvalue weighted by molar-refractivity contribution is 6.30. The molecule has 0 bridgehead atoms. The molecule has 0 fully saturated rings. The number of amides is 1. The van der Waals surface area contributed by atoms with Crippen LogP contribution in [0.2, 0.25) is 5.02 Å². The first-order valence-corrected chi connectivity index (χ1v) is 9.80. The molecule has 27 heavy (non-hydrogen) atoms. The third-order valence-corrected chi connectivity index (χ3v) is 4.75. The lowest BCUT2D eigenvalue weighted by Gasteiger charge is -2.07. The minimum atomic E-state index is 0.119. The number of aromatic nitrogens is 1. The fourth-order valence-corrected chi connectivity index (χ4v) is 3.17. The number of carbonyl (C=O) groups is 1. The number of halogens is 1. The maximum Gasteiger partial charge on any atom is 0.220 e. The number of H-pyrrole nitrogens is 1. The molecule has 0 unspecified atom stereocenters. The zero-order valence-electron chi connectivity index (χ0n) is 15.3. The second kappa shape index (κ2) is 10.0. The van der Waals surface area contributed by atoms with Crippen molar-refractivity contribution >= 4 is 28.4 Å². The summed E-state index contributed by atoms with van der Waals surface area (Å²) in [6.07, 6.45) is 6.17. The van der Waals surface area contributed by atoms with Crippen molar-refractivity contribution in [3.05, 3.63) is 65.3 Å². The van der Waals surface area contributed by atoms with Gasteiger partial charge in [-0.1, -0.05) is 29.8 Å². The third-order valence-electron chi connectivity index (χ3n) is 4.50. The summed E-state index contributed by atoms with van der Waals surface area (Å²) in [5.74, 6) is 0.939. The molecule has 2 aromatic carbocycles. The van der Waals surface area contributed by atoms with Crippen LogP contribution in [0.25, 0.3) is 10.9 Å². The van der Waals surface area contributed by atoms with Gasteiger partial charge in [-0.05, 0) is 61.6 Å². The normalized spacial score (nSPS) is 10.9. The van der Waals surface area contributed by atoms with E-state index >= 15 is 0 Å². The maximum atomic E-state index is 12.0. The van der Waals surface area contributed by atoms with Gasteiger partial charge in [0, 0.05) is 35.1 Å². The molecule has 0 saturated heterocycles. The Morgan fingerprint density at radius 1 is 1.04 bits per heavy atom. The summed E-state index contributed by atoms with van der Waals surface area (Å²) in [6, 6.07) is 15.6. The van der Waals surface area contributed by atoms with Crippen molar-refractivity contribution in [3.8, 4) is 5.75 Å². The second-order valence-corrected chi connectivity index (χ2v) is 7.01. The van der Waals surface area contributed by atoms with Crippen LogP contribution >= 0.6 is 11.6 Å². The number of carbonyl (C=O) groups excluding carboxylic acids is 1. The third kappa shape index (κ3) is 6.04. The Morgan fingerprint density at radius 2 is 1.85 bits per heavy atom. The summed E-state index contributed by atoms with van der Waals surface area (Å²) >= 11 is 5.84. The number of ether oxygens (including phenoxy) is 1. The summed E-state index contributed by atoms with van der Waals surface area (Å²) in [4.78, 5) is 15.2. The van der Waals surface area contributed by atoms with Gasteiger partial charge in [0.1, 0.15) is 5.75 Å². The van der Waals surface area contributed by atoms with E-state index in [4.69, 9.17) is 16.3 Å². The smallest absolute Gasteiger partial charge is 0.220 e. The van der Waals surface area contributed by atoms with E-state index in [1.165, 1.54) is 10.9 Å². The molecule has 0 aliphatic rings. The number of fused-ring (bicyclic) bond motifs is 1. The summed E-state index contributed by atoms with van der Waals surface area (Å²) in [6.45, 7) is 1.33. The monoisotopic (exact) mass is 384 g/mol. The molecule has 2 N–H and O–H groups in total. The lowest BCUT2D eigenvalue weighted by Crippen LogP contribution is -2.24. The van der Waals surface area contributed by atoms with Crippen LogP contribution in [0, 0.1) is 0 Å². The lowest BCUT2D eigenvalue weighted by atomic mass is 10.1. The van der Waals surface area contributed by atoms with Gasteiger partial charge in [0.25, 0.3) is 0 Å². The highest BCUT2D eigenvalue weighted by Crippen LogP contribution is 2.19. The Bertz CT molecular complexity index is 858. The van der Waals surface area contributed by atoms with Gasteiger partial charge in [0.15, 0.2) is 0 Å². The highest BCUT2D eigenvalue weighted by atomic mass is 35.5. The summed E-state index contributed by atoms with van der Waals surface area (Å²) < 4.78 is 5.64. The first-order valence-electron chi connectivity index (χ1n) is 9.42. The number of rotatable bonds is 10. The molecule has 4 nitrogen and oxygen atoms in total. The van der Waals surface area contributed by atoms with Crippen LogP contribution < -0.4 is 10.1 Å². The van der Waals surface area contributed by atoms with Crippen LogP contribution in [0.1, 0.15) is 31.2 Å².